The highest BCUT2D eigenvalue weighted by Gasteiger charge is 2.32. The molecule has 2 rings (SSSR count). The van der Waals surface area contributed by atoms with Gasteiger partial charge in [0.05, 0.1) is 6.07 Å². The van der Waals surface area contributed by atoms with E-state index in [-0.39, 0.29) is 5.91 Å². The minimum atomic E-state index is -0.491. The van der Waals surface area contributed by atoms with Gasteiger partial charge in [-0.3, -0.25) is 9.69 Å². The monoisotopic (exact) mass is 235 g/mol. The van der Waals surface area contributed by atoms with Crippen molar-refractivity contribution in [3.05, 3.63) is 0 Å². The molecular formula is C13H21N3O. The Morgan fingerprint density at radius 1 is 1.29 bits per heavy atom. The standard InChI is InChI=1S/C13H21N3O/c1-11(9-14)13(17)16-8-5-12(10-16)15-6-3-2-4-7-15/h11-12H,2-8,10H2,1H3. The number of hydrogen-bond donors (Lipinski definition) is 0. The van der Waals surface area contributed by atoms with Crippen LogP contribution in [0.1, 0.15) is 32.6 Å². The van der Waals surface area contributed by atoms with E-state index in [1.54, 1.807) is 6.92 Å². The molecule has 1 amide bonds. The van der Waals surface area contributed by atoms with Crippen LogP contribution in [0.4, 0.5) is 0 Å². The summed E-state index contributed by atoms with van der Waals surface area (Å²) in [5.41, 5.74) is 0. The fraction of sp³-hybridized carbons (Fsp3) is 0.846. The minimum absolute atomic E-state index is 0.00649. The predicted molar refractivity (Wildman–Crippen MR) is 65.2 cm³/mol. The number of hydrogen-bond acceptors (Lipinski definition) is 3. The molecule has 4 nitrogen and oxygen atoms in total. The summed E-state index contributed by atoms with van der Waals surface area (Å²) in [6, 6.07) is 2.56. The number of amides is 1. The van der Waals surface area contributed by atoms with Crippen molar-refractivity contribution in [1.82, 2.24) is 9.80 Å². The Kier molecular flexibility index (Phi) is 4.01. The second-order valence-electron chi connectivity index (χ2n) is 5.17. The van der Waals surface area contributed by atoms with Crippen LogP contribution in [0.2, 0.25) is 0 Å². The van der Waals surface area contributed by atoms with Gasteiger partial charge in [-0.2, -0.15) is 5.26 Å². The summed E-state index contributed by atoms with van der Waals surface area (Å²) in [4.78, 5) is 16.3. The number of rotatable bonds is 2. The molecule has 0 aliphatic carbocycles. The molecule has 2 saturated heterocycles. The third-order valence-electron chi connectivity index (χ3n) is 3.95. The maximum absolute atomic E-state index is 11.9. The highest BCUT2D eigenvalue weighted by Crippen LogP contribution is 2.21. The molecule has 0 spiro atoms. The molecule has 0 radical (unpaired) electrons. The second kappa shape index (κ2) is 5.50. The third kappa shape index (κ3) is 2.78. The fourth-order valence-corrected chi connectivity index (χ4v) is 2.85. The Hall–Kier alpha value is -1.08. The van der Waals surface area contributed by atoms with Gasteiger partial charge >= 0.3 is 0 Å². The zero-order valence-electron chi connectivity index (χ0n) is 10.6. The molecule has 0 aromatic rings. The summed E-state index contributed by atoms with van der Waals surface area (Å²) in [5.74, 6) is -0.484. The van der Waals surface area contributed by atoms with Gasteiger partial charge in [0.1, 0.15) is 5.92 Å². The number of carbonyl (C=O) groups is 1. The molecular weight excluding hydrogens is 214 g/mol. The van der Waals surface area contributed by atoms with Crippen molar-refractivity contribution in [1.29, 1.82) is 5.26 Å². The maximum Gasteiger partial charge on any atom is 0.239 e. The predicted octanol–water partition coefficient (Wildman–Crippen LogP) is 1.23. The van der Waals surface area contributed by atoms with Crippen molar-refractivity contribution in [2.45, 2.75) is 38.6 Å². The largest absolute Gasteiger partial charge is 0.340 e. The first kappa shape index (κ1) is 12.4. The number of likely N-dealkylation sites (tertiary alicyclic amines) is 2. The Bertz CT molecular complexity index is 317. The molecule has 0 aromatic heterocycles. The zero-order chi connectivity index (χ0) is 12.3. The molecule has 0 bridgehead atoms. The van der Waals surface area contributed by atoms with Gasteiger partial charge in [-0.1, -0.05) is 6.42 Å². The van der Waals surface area contributed by atoms with Gasteiger partial charge in [-0.25, -0.2) is 0 Å². The number of nitriles is 1. The highest BCUT2D eigenvalue weighted by atomic mass is 16.2. The van der Waals surface area contributed by atoms with E-state index in [0.29, 0.717) is 6.04 Å². The first-order chi connectivity index (χ1) is 8.22. The number of nitrogens with zero attached hydrogens (tertiary/aromatic N) is 3. The van der Waals surface area contributed by atoms with E-state index in [4.69, 9.17) is 5.26 Å². The molecule has 94 valence electrons. The lowest BCUT2D eigenvalue weighted by Crippen LogP contribution is -2.42. The summed E-state index contributed by atoms with van der Waals surface area (Å²) < 4.78 is 0. The molecule has 2 atom stereocenters. The quantitative estimate of drug-likeness (QED) is 0.723. The Morgan fingerprint density at radius 2 is 2.00 bits per heavy atom. The Morgan fingerprint density at radius 3 is 2.65 bits per heavy atom. The van der Waals surface area contributed by atoms with Crippen LogP contribution in [0.15, 0.2) is 0 Å². The van der Waals surface area contributed by atoms with Crippen LogP contribution in [0, 0.1) is 17.2 Å². The van der Waals surface area contributed by atoms with E-state index in [0.717, 1.165) is 19.5 Å². The molecule has 2 heterocycles. The van der Waals surface area contributed by atoms with E-state index in [9.17, 15) is 4.79 Å². The van der Waals surface area contributed by atoms with E-state index in [1.165, 1.54) is 32.4 Å². The molecule has 0 N–H and O–H groups in total. The summed E-state index contributed by atoms with van der Waals surface area (Å²) >= 11 is 0. The molecule has 17 heavy (non-hydrogen) atoms. The number of carbonyl (C=O) groups excluding carboxylic acids is 1. The first-order valence-electron chi connectivity index (χ1n) is 6.65. The lowest BCUT2D eigenvalue weighted by atomic mass is 10.1. The third-order valence-corrected chi connectivity index (χ3v) is 3.95. The fourth-order valence-electron chi connectivity index (χ4n) is 2.85. The van der Waals surface area contributed by atoms with E-state index < -0.39 is 5.92 Å². The highest BCUT2D eigenvalue weighted by molar-refractivity contribution is 5.81. The van der Waals surface area contributed by atoms with Gasteiger partial charge in [-0.15, -0.1) is 0 Å². The average molecular weight is 235 g/mol. The molecule has 2 aliphatic rings. The van der Waals surface area contributed by atoms with Crippen molar-refractivity contribution in [2.24, 2.45) is 5.92 Å². The molecule has 2 aliphatic heterocycles. The first-order valence-corrected chi connectivity index (χ1v) is 6.65. The van der Waals surface area contributed by atoms with Gasteiger partial charge in [0, 0.05) is 19.1 Å². The van der Waals surface area contributed by atoms with Crippen molar-refractivity contribution in [3.8, 4) is 6.07 Å². The van der Waals surface area contributed by atoms with E-state index >= 15 is 0 Å². The van der Waals surface area contributed by atoms with Crippen molar-refractivity contribution in [2.75, 3.05) is 26.2 Å². The molecule has 4 heteroatoms. The normalized spacial score (nSPS) is 27.8. The van der Waals surface area contributed by atoms with Crippen molar-refractivity contribution >= 4 is 5.91 Å². The van der Waals surface area contributed by atoms with Crippen LogP contribution in [0.3, 0.4) is 0 Å². The van der Waals surface area contributed by atoms with Crippen LogP contribution in [-0.2, 0) is 4.79 Å². The van der Waals surface area contributed by atoms with Gasteiger partial charge in [0.25, 0.3) is 0 Å². The Balaban J connectivity index is 1.86. The summed E-state index contributed by atoms with van der Waals surface area (Å²) in [5, 5.41) is 8.77. The van der Waals surface area contributed by atoms with E-state index in [2.05, 4.69) is 4.90 Å². The van der Waals surface area contributed by atoms with Crippen molar-refractivity contribution < 1.29 is 4.79 Å². The topological polar surface area (TPSA) is 47.3 Å². The second-order valence-corrected chi connectivity index (χ2v) is 5.17. The zero-order valence-corrected chi connectivity index (χ0v) is 10.6. The van der Waals surface area contributed by atoms with Crippen LogP contribution >= 0.6 is 0 Å². The average Bonchev–Trinajstić information content (AvgIpc) is 2.87. The minimum Gasteiger partial charge on any atom is -0.340 e. The van der Waals surface area contributed by atoms with Gasteiger partial charge < -0.3 is 4.90 Å². The molecule has 2 unspecified atom stereocenters. The lowest BCUT2D eigenvalue weighted by Gasteiger charge is -2.32. The van der Waals surface area contributed by atoms with Crippen LogP contribution < -0.4 is 0 Å². The summed E-state index contributed by atoms with van der Waals surface area (Å²) in [7, 11) is 0. The summed E-state index contributed by atoms with van der Waals surface area (Å²) in [6.45, 7) is 5.70. The molecule has 0 aromatic carbocycles. The van der Waals surface area contributed by atoms with Gasteiger partial charge in [-0.05, 0) is 39.3 Å². The van der Waals surface area contributed by atoms with Crippen LogP contribution in [-0.4, -0.2) is 47.9 Å². The maximum atomic E-state index is 11.9. The van der Waals surface area contributed by atoms with Gasteiger partial charge in [0.15, 0.2) is 0 Å². The van der Waals surface area contributed by atoms with Crippen molar-refractivity contribution in [3.63, 3.8) is 0 Å². The lowest BCUT2D eigenvalue weighted by molar-refractivity contribution is -0.132. The van der Waals surface area contributed by atoms with Crippen LogP contribution in [0.25, 0.3) is 0 Å². The van der Waals surface area contributed by atoms with E-state index in [1.807, 2.05) is 11.0 Å². The van der Waals surface area contributed by atoms with Crippen LogP contribution in [0.5, 0.6) is 0 Å². The SMILES string of the molecule is CC(C#N)C(=O)N1CCC(N2CCCCC2)C1. The molecule has 0 saturated carbocycles. The number of piperidine rings is 1. The summed E-state index contributed by atoms with van der Waals surface area (Å²) in [6.07, 6.45) is 5.00. The van der Waals surface area contributed by atoms with Gasteiger partial charge in [0.2, 0.25) is 5.91 Å². The molecule has 2 fully saturated rings. The Labute approximate surface area is 103 Å². The smallest absolute Gasteiger partial charge is 0.239 e.